The maximum absolute atomic E-state index is 12.5. The third kappa shape index (κ3) is 3.22. The van der Waals surface area contributed by atoms with Gasteiger partial charge in [-0.2, -0.15) is 0 Å². The Kier molecular flexibility index (Phi) is 4.24. The van der Waals surface area contributed by atoms with Crippen molar-refractivity contribution in [3.63, 3.8) is 0 Å². The average molecular weight is 356 g/mol. The molecule has 134 valence electrons. The zero-order valence-electron chi connectivity index (χ0n) is 15.5. The summed E-state index contributed by atoms with van der Waals surface area (Å²) in [5, 5.41) is 2.98. The monoisotopic (exact) mass is 356 g/mol. The summed E-state index contributed by atoms with van der Waals surface area (Å²) in [4.78, 5) is 17.2. The predicted octanol–water partition coefficient (Wildman–Crippen LogP) is 5.67. The average Bonchev–Trinajstić information content (AvgIpc) is 3.08. The topological polar surface area (TPSA) is 55.1 Å². The Morgan fingerprint density at radius 2 is 1.74 bits per heavy atom. The minimum Gasteiger partial charge on any atom is -0.436 e. The van der Waals surface area contributed by atoms with Gasteiger partial charge in [0.25, 0.3) is 5.91 Å². The number of oxazole rings is 1. The summed E-state index contributed by atoms with van der Waals surface area (Å²) < 4.78 is 6.04. The molecule has 0 unspecified atom stereocenters. The lowest BCUT2D eigenvalue weighted by molar-refractivity contribution is 0.102. The first-order chi connectivity index (χ1) is 13.0. The van der Waals surface area contributed by atoms with Crippen molar-refractivity contribution < 1.29 is 9.21 Å². The molecule has 0 bridgehead atoms. The van der Waals surface area contributed by atoms with Crippen LogP contribution < -0.4 is 5.32 Å². The number of hydrogen-bond acceptors (Lipinski definition) is 3. The van der Waals surface area contributed by atoms with Crippen LogP contribution in [0.5, 0.6) is 0 Å². The number of aromatic nitrogens is 1. The summed E-state index contributed by atoms with van der Waals surface area (Å²) in [6.07, 6.45) is 0. The van der Waals surface area contributed by atoms with E-state index in [1.807, 2.05) is 63.2 Å². The Bertz CT molecular complexity index is 1140. The summed E-state index contributed by atoms with van der Waals surface area (Å²) in [6.45, 7) is 6.03. The number of aryl methyl sites for hydroxylation is 2. The van der Waals surface area contributed by atoms with Crippen molar-refractivity contribution in [2.45, 2.75) is 20.8 Å². The molecule has 4 nitrogen and oxygen atoms in total. The second kappa shape index (κ2) is 6.72. The number of amides is 1. The molecule has 0 fully saturated rings. The van der Waals surface area contributed by atoms with Gasteiger partial charge in [0.2, 0.25) is 5.89 Å². The lowest BCUT2D eigenvalue weighted by atomic mass is 10.1. The van der Waals surface area contributed by atoms with E-state index < -0.39 is 0 Å². The van der Waals surface area contributed by atoms with E-state index in [4.69, 9.17) is 4.42 Å². The normalized spacial score (nSPS) is 10.9. The number of hydrogen-bond donors (Lipinski definition) is 1. The first-order valence-corrected chi connectivity index (χ1v) is 8.87. The van der Waals surface area contributed by atoms with Crippen LogP contribution in [0, 0.1) is 20.8 Å². The molecule has 4 rings (SSSR count). The number of nitrogens with zero attached hydrogens (tertiary/aromatic N) is 1. The van der Waals surface area contributed by atoms with Crippen molar-refractivity contribution in [3.8, 4) is 11.5 Å². The van der Waals surface area contributed by atoms with Gasteiger partial charge in [0, 0.05) is 16.8 Å². The largest absolute Gasteiger partial charge is 0.436 e. The highest BCUT2D eigenvalue weighted by molar-refractivity contribution is 6.05. The maximum atomic E-state index is 12.5. The number of nitrogens with one attached hydrogen (secondary N) is 1. The molecule has 0 radical (unpaired) electrons. The second-order valence-electron chi connectivity index (χ2n) is 6.75. The van der Waals surface area contributed by atoms with E-state index in [-0.39, 0.29) is 5.91 Å². The van der Waals surface area contributed by atoms with Crippen molar-refractivity contribution >= 4 is 22.7 Å². The van der Waals surface area contributed by atoms with Crippen molar-refractivity contribution in [1.29, 1.82) is 0 Å². The molecule has 1 N–H and O–H groups in total. The van der Waals surface area contributed by atoms with Crippen molar-refractivity contribution in [3.05, 3.63) is 82.9 Å². The minimum atomic E-state index is -0.139. The van der Waals surface area contributed by atoms with Gasteiger partial charge < -0.3 is 9.73 Å². The fourth-order valence-corrected chi connectivity index (χ4v) is 3.28. The van der Waals surface area contributed by atoms with E-state index >= 15 is 0 Å². The fraction of sp³-hybridized carbons (Fsp3) is 0.130. The van der Waals surface area contributed by atoms with Gasteiger partial charge in [0.1, 0.15) is 5.52 Å². The van der Waals surface area contributed by atoms with Gasteiger partial charge in [-0.25, -0.2) is 4.98 Å². The lowest BCUT2D eigenvalue weighted by Crippen LogP contribution is -2.12. The highest BCUT2D eigenvalue weighted by Gasteiger charge is 2.15. The molecule has 0 saturated carbocycles. The van der Waals surface area contributed by atoms with Crippen molar-refractivity contribution in [2.75, 3.05) is 5.32 Å². The van der Waals surface area contributed by atoms with Crippen LogP contribution in [0.3, 0.4) is 0 Å². The Balaban J connectivity index is 1.72. The molecule has 0 spiro atoms. The van der Waals surface area contributed by atoms with Crippen LogP contribution in [-0.2, 0) is 0 Å². The second-order valence-corrected chi connectivity index (χ2v) is 6.75. The molecule has 0 atom stereocenters. The van der Waals surface area contributed by atoms with Gasteiger partial charge in [-0.05, 0) is 67.8 Å². The molecular formula is C23H20N2O2. The molecule has 0 saturated heterocycles. The summed E-state index contributed by atoms with van der Waals surface area (Å²) >= 11 is 0. The highest BCUT2D eigenvalue weighted by Crippen LogP contribution is 2.32. The van der Waals surface area contributed by atoms with Crippen molar-refractivity contribution in [1.82, 2.24) is 4.98 Å². The van der Waals surface area contributed by atoms with Crippen LogP contribution in [0.15, 0.2) is 65.1 Å². The van der Waals surface area contributed by atoms with E-state index in [0.29, 0.717) is 11.5 Å². The summed E-state index contributed by atoms with van der Waals surface area (Å²) in [6, 6.07) is 19.0. The van der Waals surface area contributed by atoms with Gasteiger partial charge in [-0.3, -0.25) is 4.79 Å². The molecule has 1 heterocycles. The molecule has 0 aliphatic carbocycles. The van der Waals surface area contributed by atoms with Crippen molar-refractivity contribution in [2.24, 2.45) is 0 Å². The Morgan fingerprint density at radius 3 is 2.52 bits per heavy atom. The van der Waals surface area contributed by atoms with Crippen LogP contribution in [0.2, 0.25) is 0 Å². The quantitative estimate of drug-likeness (QED) is 0.514. The van der Waals surface area contributed by atoms with Gasteiger partial charge in [-0.1, -0.05) is 30.3 Å². The number of rotatable bonds is 3. The third-order valence-corrected chi connectivity index (χ3v) is 4.67. The van der Waals surface area contributed by atoms with Crippen LogP contribution >= 0.6 is 0 Å². The Morgan fingerprint density at radius 1 is 0.963 bits per heavy atom. The number of carbonyl (C=O) groups is 1. The zero-order valence-corrected chi connectivity index (χ0v) is 15.5. The van der Waals surface area contributed by atoms with E-state index in [0.717, 1.165) is 39.0 Å². The van der Waals surface area contributed by atoms with E-state index in [9.17, 15) is 4.79 Å². The molecule has 4 heteroatoms. The first kappa shape index (κ1) is 17.0. The summed E-state index contributed by atoms with van der Waals surface area (Å²) in [5.41, 5.74) is 7.02. The Labute approximate surface area is 157 Å². The zero-order chi connectivity index (χ0) is 19.0. The van der Waals surface area contributed by atoms with E-state index in [2.05, 4.69) is 16.4 Å². The number of anilines is 1. The van der Waals surface area contributed by atoms with E-state index in [1.54, 1.807) is 12.1 Å². The maximum Gasteiger partial charge on any atom is 0.255 e. The number of carbonyl (C=O) groups excluding carboxylic acids is 1. The van der Waals surface area contributed by atoms with E-state index in [1.165, 1.54) is 0 Å². The lowest BCUT2D eigenvalue weighted by Gasteiger charge is -2.11. The predicted molar refractivity (Wildman–Crippen MR) is 108 cm³/mol. The van der Waals surface area contributed by atoms with Gasteiger partial charge >= 0.3 is 0 Å². The SMILES string of the molecule is Cc1cc(C)c2oc(-c3cccc(NC(=O)c4ccccc4)c3C)nc2c1. The standard InChI is InChI=1S/C23H20N2O2/c1-14-12-15(2)21-20(13-14)25-23(27-21)18-10-7-11-19(16(18)3)24-22(26)17-8-5-4-6-9-17/h4-13H,1-3H3,(H,24,26). The molecule has 4 aromatic rings. The molecule has 27 heavy (non-hydrogen) atoms. The fourth-order valence-electron chi connectivity index (χ4n) is 3.28. The number of benzene rings is 3. The van der Waals surface area contributed by atoms with Gasteiger partial charge in [-0.15, -0.1) is 0 Å². The molecular weight excluding hydrogens is 336 g/mol. The molecule has 1 aromatic heterocycles. The van der Waals surface area contributed by atoms with Crippen LogP contribution in [0.1, 0.15) is 27.0 Å². The number of fused-ring (bicyclic) bond motifs is 1. The van der Waals surface area contributed by atoms with Crippen LogP contribution in [0.4, 0.5) is 5.69 Å². The third-order valence-electron chi connectivity index (χ3n) is 4.67. The molecule has 1 amide bonds. The minimum absolute atomic E-state index is 0.139. The van der Waals surface area contributed by atoms with Crippen LogP contribution in [-0.4, -0.2) is 10.9 Å². The first-order valence-electron chi connectivity index (χ1n) is 8.87. The Hall–Kier alpha value is -3.40. The summed E-state index contributed by atoms with van der Waals surface area (Å²) in [7, 11) is 0. The molecule has 3 aromatic carbocycles. The molecule has 0 aliphatic rings. The smallest absolute Gasteiger partial charge is 0.255 e. The van der Waals surface area contributed by atoms with Gasteiger partial charge in [0.05, 0.1) is 0 Å². The summed E-state index contributed by atoms with van der Waals surface area (Å²) in [5.74, 6) is 0.423. The molecule has 0 aliphatic heterocycles. The van der Waals surface area contributed by atoms with Gasteiger partial charge in [0.15, 0.2) is 5.58 Å². The highest BCUT2D eigenvalue weighted by atomic mass is 16.3. The van der Waals surface area contributed by atoms with Crippen LogP contribution in [0.25, 0.3) is 22.6 Å².